The maximum Gasteiger partial charge on any atom is 0.255 e. The first-order chi connectivity index (χ1) is 13.2. The standard InChI is InChI=1S/C21H23N3O2S/c1-2-26-17-9-7-16(8-10-17)22-20(25)15-6-11-18-19(14-15)27-21(23-18)24-12-4-3-5-13-24/h6-11,14H,2-5,12-13H2,1H3,(H,22,25). The van der Waals surface area contributed by atoms with Crippen molar-refractivity contribution in [2.24, 2.45) is 0 Å². The third-order valence-corrected chi connectivity index (χ3v) is 5.77. The van der Waals surface area contributed by atoms with Crippen LogP contribution in [0.2, 0.25) is 0 Å². The molecule has 1 fully saturated rings. The Bertz CT molecular complexity index is 930. The molecular weight excluding hydrogens is 358 g/mol. The highest BCUT2D eigenvalue weighted by atomic mass is 32.1. The van der Waals surface area contributed by atoms with Gasteiger partial charge in [0.25, 0.3) is 5.91 Å². The summed E-state index contributed by atoms with van der Waals surface area (Å²) < 4.78 is 6.48. The molecule has 0 bridgehead atoms. The summed E-state index contributed by atoms with van der Waals surface area (Å²) in [6.45, 7) is 4.72. The highest BCUT2D eigenvalue weighted by Gasteiger charge is 2.16. The Hall–Kier alpha value is -2.60. The van der Waals surface area contributed by atoms with Crippen LogP contribution >= 0.6 is 11.3 Å². The van der Waals surface area contributed by atoms with Crippen molar-refractivity contribution in [3.05, 3.63) is 48.0 Å². The molecule has 2 aromatic carbocycles. The molecule has 0 unspecified atom stereocenters. The number of nitrogens with zero attached hydrogens (tertiary/aromatic N) is 2. The SMILES string of the molecule is CCOc1ccc(NC(=O)c2ccc3nc(N4CCCCC4)sc3c2)cc1. The van der Waals surface area contributed by atoms with Gasteiger partial charge < -0.3 is 15.0 Å². The molecule has 1 aliphatic heterocycles. The van der Waals surface area contributed by atoms with Crippen LogP contribution in [0.4, 0.5) is 10.8 Å². The predicted octanol–water partition coefficient (Wildman–Crippen LogP) is 4.94. The molecule has 6 heteroatoms. The predicted molar refractivity (Wildman–Crippen MR) is 111 cm³/mol. The lowest BCUT2D eigenvalue weighted by Crippen LogP contribution is -2.29. The summed E-state index contributed by atoms with van der Waals surface area (Å²) in [6.07, 6.45) is 3.76. The van der Waals surface area contributed by atoms with Crippen LogP contribution < -0.4 is 15.0 Å². The van der Waals surface area contributed by atoms with Crippen LogP contribution in [-0.2, 0) is 0 Å². The van der Waals surface area contributed by atoms with Gasteiger partial charge in [-0.25, -0.2) is 4.98 Å². The number of anilines is 2. The van der Waals surface area contributed by atoms with Gasteiger partial charge in [0.05, 0.1) is 16.8 Å². The van der Waals surface area contributed by atoms with Crippen LogP contribution in [0.15, 0.2) is 42.5 Å². The second kappa shape index (κ2) is 7.96. The van der Waals surface area contributed by atoms with Gasteiger partial charge in [-0.05, 0) is 68.7 Å². The number of thiazole rings is 1. The number of rotatable bonds is 5. The highest BCUT2D eigenvalue weighted by molar-refractivity contribution is 7.22. The number of hydrogen-bond donors (Lipinski definition) is 1. The van der Waals surface area contributed by atoms with Crippen molar-refractivity contribution in [1.29, 1.82) is 0 Å². The topological polar surface area (TPSA) is 54.5 Å². The zero-order valence-corrected chi connectivity index (χ0v) is 16.2. The van der Waals surface area contributed by atoms with Crippen molar-refractivity contribution in [1.82, 2.24) is 4.98 Å². The van der Waals surface area contributed by atoms with E-state index in [9.17, 15) is 4.79 Å². The number of nitrogens with one attached hydrogen (secondary N) is 1. The molecule has 1 amide bonds. The van der Waals surface area contributed by atoms with Crippen molar-refractivity contribution in [2.45, 2.75) is 26.2 Å². The van der Waals surface area contributed by atoms with Crippen LogP contribution in [0, 0.1) is 0 Å². The molecule has 5 nitrogen and oxygen atoms in total. The molecule has 0 saturated carbocycles. The summed E-state index contributed by atoms with van der Waals surface area (Å²) in [6, 6.07) is 13.1. The number of benzene rings is 2. The first-order valence-corrected chi connectivity index (χ1v) is 10.2. The first kappa shape index (κ1) is 17.8. The lowest BCUT2D eigenvalue weighted by atomic mass is 10.1. The van der Waals surface area contributed by atoms with E-state index in [1.165, 1.54) is 19.3 Å². The van der Waals surface area contributed by atoms with Gasteiger partial charge in [0.2, 0.25) is 0 Å². The molecule has 1 N–H and O–H groups in total. The summed E-state index contributed by atoms with van der Waals surface area (Å²) in [4.78, 5) is 19.7. The number of carbonyl (C=O) groups excluding carboxylic acids is 1. The van der Waals surface area contributed by atoms with Crippen molar-refractivity contribution < 1.29 is 9.53 Å². The molecular formula is C21H23N3O2S. The average Bonchev–Trinajstić information content (AvgIpc) is 3.14. The molecule has 0 aliphatic carbocycles. The first-order valence-electron chi connectivity index (χ1n) is 9.42. The Labute approximate surface area is 163 Å². The maximum absolute atomic E-state index is 12.6. The van der Waals surface area contributed by atoms with E-state index in [1.807, 2.05) is 49.4 Å². The van der Waals surface area contributed by atoms with E-state index in [0.717, 1.165) is 39.9 Å². The summed E-state index contributed by atoms with van der Waals surface area (Å²) in [5.41, 5.74) is 2.35. The molecule has 1 aromatic heterocycles. The fourth-order valence-corrected chi connectivity index (χ4v) is 4.34. The van der Waals surface area contributed by atoms with Gasteiger partial charge in [0, 0.05) is 24.3 Å². The second-order valence-electron chi connectivity index (χ2n) is 6.64. The Morgan fingerprint density at radius 3 is 2.67 bits per heavy atom. The third-order valence-electron chi connectivity index (χ3n) is 4.69. The zero-order valence-electron chi connectivity index (χ0n) is 15.4. The van der Waals surface area contributed by atoms with E-state index in [0.29, 0.717) is 12.2 Å². The second-order valence-corrected chi connectivity index (χ2v) is 7.65. The lowest BCUT2D eigenvalue weighted by Gasteiger charge is -2.25. The number of aromatic nitrogens is 1. The van der Waals surface area contributed by atoms with Crippen LogP contribution in [0.3, 0.4) is 0 Å². The number of fused-ring (bicyclic) bond motifs is 1. The van der Waals surface area contributed by atoms with E-state index in [4.69, 9.17) is 9.72 Å². The highest BCUT2D eigenvalue weighted by Crippen LogP contribution is 2.31. The minimum atomic E-state index is -0.117. The lowest BCUT2D eigenvalue weighted by molar-refractivity contribution is 0.102. The molecule has 140 valence electrons. The summed E-state index contributed by atoms with van der Waals surface area (Å²) in [5, 5.41) is 4.01. The molecule has 27 heavy (non-hydrogen) atoms. The fourth-order valence-electron chi connectivity index (χ4n) is 3.28. The van der Waals surface area contributed by atoms with Crippen LogP contribution in [0.1, 0.15) is 36.5 Å². The zero-order chi connectivity index (χ0) is 18.6. The van der Waals surface area contributed by atoms with E-state index in [1.54, 1.807) is 11.3 Å². The Morgan fingerprint density at radius 1 is 1.15 bits per heavy atom. The average molecular weight is 382 g/mol. The third kappa shape index (κ3) is 4.06. The minimum Gasteiger partial charge on any atom is -0.494 e. The number of amides is 1. The quantitative estimate of drug-likeness (QED) is 0.680. The Kier molecular flexibility index (Phi) is 5.25. The normalized spacial score (nSPS) is 14.3. The molecule has 1 aliphatic rings. The molecule has 0 spiro atoms. The Balaban J connectivity index is 1.49. The van der Waals surface area contributed by atoms with E-state index in [-0.39, 0.29) is 5.91 Å². The molecule has 3 aromatic rings. The number of ether oxygens (including phenoxy) is 1. The van der Waals surface area contributed by atoms with Gasteiger partial charge in [-0.1, -0.05) is 11.3 Å². The van der Waals surface area contributed by atoms with Crippen molar-refractivity contribution in [3.8, 4) is 5.75 Å². The fraction of sp³-hybridized carbons (Fsp3) is 0.333. The smallest absolute Gasteiger partial charge is 0.255 e. The van der Waals surface area contributed by atoms with Gasteiger partial charge in [-0.15, -0.1) is 0 Å². The number of hydrogen-bond acceptors (Lipinski definition) is 5. The summed E-state index contributed by atoms with van der Waals surface area (Å²) in [7, 11) is 0. The minimum absolute atomic E-state index is 0.117. The monoisotopic (exact) mass is 381 g/mol. The molecule has 2 heterocycles. The Morgan fingerprint density at radius 2 is 1.93 bits per heavy atom. The van der Waals surface area contributed by atoms with Crippen molar-refractivity contribution >= 4 is 38.3 Å². The van der Waals surface area contributed by atoms with Crippen LogP contribution in [-0.4, -0.2) is 30.6 Å². The number of carbonyl (C=O) groups is 1. The van der Waals surface area contributed by atoms with Gasteiger partial charge in [-0.3, -0.25) is 4.79 Å². The van der Waals surface area contributed by atoms with Crippen molar-refractivity contribution in [2.75, 3.05) is 29.9 Å². The van der Waals surface area contributed by atoms with Gasteiger partial charge >= 0.3 is 0 Å². The van der Waals surface area contributed by atoms with Crippen LogP contribution in [0.5, 0.6) is 5.75 Å². The van der Waals surface area contributed by atoms with Gasteiger partial charge in [0.1, 0.15) is 5.75 Å². The van der Waals surface area contributed by atoms with E-state index >= 15 is 0 Å². The van der Waals surface area contributed by atoms with Gasteiger partial charge in [-0.2, -0.15) is 0 Å². The molecule has 0 radical (unpaired) electrons. The number of piperidine rings is 1. The molecule has 4 rings (SSSR count). The molecule has 1 saturated heterocycles. The molecule has 0 atom stereocenters. The van der Waals surface area contributed by atoms with E-state index < -0.39 is 0 Å². The van der Waals surface area contributed by atoms with Gasteiger partial charge in [0.15, 0.2) is 5.13 Å². The summed E-state index contributed by atoms with van der Waals surface area (Å²) >= 11 is 1.67. The van der Waals surface area contributed by atoms with Crippen LogP contribution in [0.25, 0.3) is 10.2 Å². The largest absolute Gasteiger partial charge is 0.494 e. The van der Waals surface area contributed by atoms with E-state index in [2.05, 4.69) is 10.2 Å². The van der Waals surface area contributed by atoms with Crippen molar-refractivity contribution in [3.63, 3.8) is 0 Å². The maximum atomic E-state index is 12.6. The summed E-state index contributed by atoms with van der Waals surface area (Å²) in [5.74, 6) is 0.681.